The summed E-state index contributed by atoms with van der Waals surface area (Å²) in [4.78, 5) is 2.68. The van der Waals surface area contributed by atoms with Crippen molar-refractivity contribution in [2.45, 2.75) is 69.9 Å². The number of rotatable bonds is 5. The van der Waals surface area contributed by atoms with E-state index in [4.69, 9.17) is 0 Å². The Balaban J connectivity index is 1.44. The molecule has 0 amide bonds. The van der Waals surface area contributed by atoms with Crippen LogP contribution in [-0.2, 0) is 9.84 Å². The van der Waals surface area contributed by atoms with Gasteiger partial charge in [-0.15, -0.1) is 0 Å². The van der Waals surface area contributed by atoms with Gasteiger partial charge < -0.3 is 5.32 Å². The van der Waals surface area contributed by atoms with E-state index in [1.807, 2.05) is 0 Å². The zero-order valence-corrected chi connectivity index (χ0v) is 14.6. The molecular weight excluding hydrogens is 296 g/mol. The van der Waals surface area contributed by atoms with Crippen LogP contribution in [0.15, 0.2) is 0 Å². The fraction of sp³-hybridized carbons (Fsp3) is 1.00. The second kappa shape index (κ2) is 7.63. The van der Waals surface area contributed by atoms with Crippen molar-refractivity contribution in [3.05, 3.63) is 0 Å². The van der Waals surface area contributed by atoms with Crippen molar-refractivity contribution in [3.8, 4) is 0 Å². The lowest BCUT2D eigenvalue weighted by Gasteiger charge is -2.32. The minimum Gasteiger partial charge on any atom is -0.311 e. The first-order valence-corrected chi connectivity index (χ1v) is 11.1. The van der Waals surface area contributed by atoms with Crippen LogP contribution in [0, 0.1) is 5.92 Å². The van der Waals surface area contributed by atoms with Crippen molar-refractivity contribution in [2.75, 3.05) is 31.1 Å². The third kappa shape index (κ3) is 4.68. The maximum Gasteiger partial charge on any atom is 0.151 e. The number of nitrogens with one attached hydrogen (secondary N) is 1. The van der Waals surface area contributed by atoms with Crippen LogP contribution in [0.4, 0.5) is 0 Å². The molecule has 1 N–H and O–H groups in total. The second-order valence-electron chi connectivity index (χ2n) is 7.66. The Hall–Kier alpha value is -0.130. The van der Waals surface area contributed by atoms with E-state index in [1.54, 1.807) is 0 Å². The Labute approximate surface area is 135 Å². The summed E-state index contributed by atoms with van der Waals surface area (Å²) >= 11 is 0. The lowest BCUT2D eigenvalue weighted by atomic mass is 9.89. The smallest absolute Gasteiger partial charge is 0.151 e. The summed E-state index contributed by atoms with van der Waals surface area (Å²) in [7, 11) is -2.79. The molecule has 0 aromatic rings. The highest BCUT2D eigenvalue weighted by molar-refractivity contribution is 7.91. The van der Waals surface area contributed by atoms with Crippen LogP contribution in [0.2, 0.25) is 0 Å². The standard InChI is InChI=1S/C17H32N2O2S/c20-22(21)11-5-8-16(14-22)18-12-17-9-4-10-19(17)13-15-6-2-1-3-7-15/h15-18H,1-14H2. The fourth-order valence-corrected chi connectivity index (χ4v) is 6.23. The summed E-state index contributed by atoms with van der Waals surface area (Å²) in [6.07, 6.45) is 11.5. The van der Waals surface area contributed by atoms with E-state index in [-0.39, 0.29) is 6.04 Å². The van der Waals surface area contributed by atoms with E-state index >= 15 is 0 Å². The van der Waals surface area contributed by atoms with Gasteiger partial charge in [0.1, 0.15) is 0 Å². The number of nitrogens with zero attached hydrogens (tertiary/aromatic N) is 1. The molecule has 0 bridgehead atoms. The molecule has 0 aromatic heterocycles. The quantitative estimate of drug-likeness (QED) is 0.840. The van der Waals surface area contributed by atoms with Crippen molar-refractivity contribution in [3.63, 3.8) is 0 Å². The zero-order chi connectivity index (χ0) is 15.4. The van der Waals surface area contributed by atoms with Gasteiger partial charge in [-0.3, -0.25) is 4.90 Å². The lowest BCUT2D eigenvalue weighted by Crippen LogP contribution is -2.47. The monoisotopic (exact) mass is 328 g/mol. The summed E-state index contributed by atoms with van der Waals surface area (Å²) in [6.45, 7) is 3.49. The molecule has 4 nitrogen and oxygen atoms in total. The van der Waals surface area contributed by atoms with Crippen LogP contribution in [0.1, 0.15) is 57.8 Å². The molecule has 2 saturated heterocycles. The predicted molar refractivity (Wildman–Crippen MR) is 90.8 cm³/mol. The molecule has 0 aromatic carbocycles. The van der Waals surface area contributed by atoms with E-state index in [0.717, 1.165) is 25.3 Å². The largest absolute Gasteiger partial charge is 0.311 e. The Morgan fingerprint density at radius 1 is 0.955 bits per heavy atom. The third-order valence-electron chi connectivity index (χ3n) is 5.82. The summed E-state index contributed by atoms with van der Waals surface area (Å²) in [6, 6.07) is 0.822. The Kier molecular flexibility index (Phi) is 5.80. The van der Waals surface area contributed by atoms with Gasteiger partial charge in [-0.1, -0.05) is 19.3 Å². The molecule has 1 aliphatic carbocycles. The van der Waals surface area contributed by atoms with Gasteiger partial charge in [0, 0.05) is 25.2 Å². The van der Waals surface area contributed by atoms with Crippen LogP contribution in [0.25, 0.3) is 0 Å². The number of sulfone groups is 1. The highest BCUT2D eigenvalue weighted by atomic mass is 32.2. The molecule has 1 saturated carbocycles. The SMILES string of the molecule is O=S1(=O)CCCC(NCC2CCCN2CC2CCCCC2)C1. The van der Waals surface area contributed by atoms with Gasteiger partial charge in [0.05, 0.1) is 11.5 Å². The van der Waals surface area contributed by atoms with E-state index in [0.29, 0.717) is 17.5 Å². The maximum absolute atomic E-state index is 11.7. The Bertz CT molecular complexity index is 446. The first-order valence-electron chi connectivity index (χ1n) is 9.30. The van der Waals surface area contributed by atoms with Crippen molar-refractivity contribution < 1.29 is 8.42 Å². The van der Waals surface area contributed by atoms with E-state index in [2.05, 4.69) is 10.2 Å². The number of hydrogen-bond donors (Lipinski definition) is 1. The van der Waals surface area contributed by atoms with Crippen molar-refractivity contribution in [1.82, 2.24) is 10.2 Å². The van der Waals surface area contributed by atoms with Gasteiger partial charge in [0.2, 0.25) is 0 Å². The molecule has 2 aliphatic heterocycles. The molecule has 2 heterocycles. The summed E-state index contributed by atoms with van der Waals surface area (Å²) in [5, 5.41) is 3.57. The Morgan fingerprint density at radius 3 is 2.55 bits per heavy atom. The van der Waals surface area contributed by atoms with Gasteiger partial charge in [-0.25, -0.2) is 8.42 Å². The van der Waals surface area contributed by atoms with Gasteiger partial charge in [0.25, 0.3) is 0 Å². The molecule has 2 atom stereocenters. The molecule has 22 heavy (non-hydrogen) atoms. The molecule has 0 radical (unpaired) electrons. The first-order chi connectivity index (χ1) is 10.6. The molecule has 2 unspecified atom stereocenters. The molecule has 3 rings (SSSR count). The lowest BCUT2D eigenvalue weighted by molar-refractivity contribution is 0.182. The topological polar surface area (TPSA) is 49.4 Å². The molecule has 3 fully saturated rings. The predicted octanol–water partition coefficient (Wildman–Crippen LogP) is 2.20. The van der Waals surface area contributed by atoms with E-state index in [9.17, 15) is 8.42 Å². The highest BCUT2D eigenvalue weighted by Gasteiger charge is 2.29. The summed E-state index contributed by atoms with van der Waals surface area (Å²) in [5.41, 5.74) is 0. The van der Waals surface area contributed by atoms with E-state index in [1.165, 1.54) is 58.0 Å². The zero-order valence-electron chi connectivity index (χ0n) is 13.8. The summed E-state index contributed by atoms with van der Waals surface area (Å²) < 4.78 is 23.5. The maximum atomic E-state index is 11.7. The van der Waals surface area contributed by atoms with Gasteiger partial charge in [0.15, 0.2) is 9.84 Å². The van der Waals surface area contributed by atoms with Crippen molar-refractivity contribution in [1.29, 1.82) is 0 Å². The van der Waals surface area contributed by atoms with Crippen LogP contribution < -0.4 is 5.32 Å². The first kappa shape index (κ1) is 16.7. The normalized spacial score (nSPS) is 34.0. The van der Waals surface area contributed by atoms with Gasteiger partial charge in [-0.2, -0.15) is 0 Å². The van der Waals surface area contributed by atoms with Crippen LogP contribution in [-0.4, -0.2) is 56.5 Å². The van der Waals surface area contributed by atoms with Crippen LogP contribution >= 0.6 is 0 Å². The van der Waals surface area contributed by atoms with Crippen molar-refractivity contribution >= 4 is 9.84 Å². The van der Waals surface area contributed by atoms with Crippen LogP contribution in [0.3, 0.4) is 0 Å². The molecule has 3 aliphatic rings. The average Bonchev–Trinajstić information content (AvgIpc) is 2.92. The Morgan fingerprint density at radius 2 is 1.77 bits per heavy atom. The molecule has 0 spiro atoms. The van der Waals surface area contributed by atoms with Gasteiger partial charge >= 0.3 is 0 Å². The fourth-order valence-electron chi connectivity index (χ4n) is 4.55. The number of likely N-dealkylation sites (tertiary alicyclic amines) is 1. The molecule has 128 valence electrons. The second-order valence-corrected chi connectivity index (χ2v) is 9.89. The minimum atomic E-state index is -2.79. The van der Waals surface area contributed by atoms with Gasteiger partial charge in [-0.05, 0) is 51.0 Å². The third-order valence-corrected chi connectivity index (χ3v) is 7.64. The van der Waals surface area contributed by atoms with Crippen molar-refractivity contribution in [2.24, 2.45) is 5.92 Å². The minimum absolute atomic E-state index is 0.191. The molecular formula is C17H32N2O2S. The summed E-state index contributed by atoms with van der Waals surface area (Å²) in [5.74, 6) is 1.65. The molecule has 5 heteroatoms. The van der Waals surface area contributed by atoms with Crippen LogP contribution in [0.5, 0.6) is 0 Å². The average molecular weight is 329 g/mol. The highest BCUT2D eigenvalue weighted by Crippen LogP contribution is 2.27. The number of hydrogen-bond acceptors (Lipinski definition) is 4. The van der Waals surface area contributed by atoms with E-state index < -0.39 is 9.84 Å².